The number of hydrogen-bond acceptors (Lipinski definition) is 5. The van der Waals surface area contributed by atoms with Crippen molar-refractivity contribution in [1.29, 1.82) is 0 Å². The average Bonchev–Trinajstić information content (AvgIpc) is 2.59. The Kier molecular flexibility index (Phi) is 2.20. The third kappa shape index (κ3) is 1.37. The van der Waals surface area contributed by atoms with Gasteiger partial charge in [0.2, 0.25) is 5.82 Å². The van der Waals surface area contributed by atoms with Crippen molar-refractivity contribution in [2.45, 2.75) is 13.1 Å². The van der Waals surface area contributed by atoms with Gasteiger partial charge in [0.1, 0.15) is 5.82 Å². The molecule has 2 rings (SSSR count). The van der Waals surface area contributed by atoms with Gasteiger partial charge < -0.3 is 9.30 Å². The quantitative estimate of drug-likeness (QED) is 0.567. The summed E-state index contributed by atoms with van der Waals surface area (Å²) in [5.41, 5.74) is 0. The number of aromatic nitrogens is 3. The van der Waals surface area contributed by atoms with E-state index in [-0.39, 0.29) is 0 Å². The normalized spacial score (nSPS) is 16.4. The molecule has 0 bridgehead atoms. The van der Waals surface area contributed by atoms with Crippen LogP contribution in [0.15, 0.2) is 0 Å². The first-order chi connectivity index (χ1) is 6.72. The second kappa shape index (κ2) is 3.38. The molecule has 0 aliphatic carbocycles. The molecule has 76 valence electrons. The highest BCUT2D eigenvalue weighted by molar-refractivity contribution is 5.85. The van der Waals surface area contributed by atoms with Crippen LogP contribution in [0.3, 0.4) is 0 Å². The lowest BCUT2D eigenvalue weighted by Gasteiger charge is -2.23. The van der Waals surface area contributed by atoms with Gasteiger partial charge in [-0.25, -0.2) is 4.79 Å². The maximum absolute atomic E-state index is 11.3. The minimum atomic E-state index is -0.423. The third-order valence-corrected chi connectivity index (χ3v) is 2.31. The lowest BCUT2D eigenvalue weighted by atomic mass is 10.4. The molecule has 1 aliphatic rings. The van der Waals surface area contributed by atoms with Crippen molar-refractivity contribution >= 4 is 5.97 Å². The van der Waals surface area contributed by atoms with Crippen molar-refractivity contribution in [3.63, 3.8) is 0 Å². The number of rotatable bonds is 1. The monoisotopic (exact) mass is 196 g/mol. The topological polar surface area (TPSA) is 60.2 Å². The van der Waals surface area contributed by atoms with E-state index in [1.165, 1.54) is 7.11 Å². The van der Waals surface area contributed by atoms with Crippen LogP contribution in [-0.4, -0.2) is 46.3 Å². The van der Waals surface area contributed by atoms with E-state index in [0.29, 0.717) is 5.82 Å². The lowest BCUT2D eigenvalue weighted by molar-refractivity contribution is 0.0577. The second-order valence-electron chi connectivity index (χ2n) is 3.32. The Bertz CT molecular complexity index is 360. The number of likely N-dealkylation sites (N-methyl/N-ethyl adjacent to an activating group) is 1. The van der Waals surface area contributed by atoms with E-state index < -0.39 is 5.97 Å². The third-order valence-electron chi connectivity index (χ3n) is 2.31. The summed E-state index contributed by atoms with van der Waals surface area (Å²) in [5, 5.41) is 7.76. The highest BCUT2D eigenvalue weighted by atomic mass is 16.5. The number of esters is 1. The summed E-state index contributed by atoms with van der Waals surface area (Å²) in [6.07, 6.45) is 0. The Morgan fingerprint density at radius 3 is 2.93 bits per heavy atom. The van der Waals surface area contributed by atoms with Crippen molar-refractivity contribution < 1.29 is 9.53 Å². The van der Waals surface area contributed by atoms with Crippen LogP contribution in [0, 0.1) is 0 Å². The maximum atomic E-state index is 11.3. The number of nitrogens with zero attached hydrogens (tertiary/aromatic N) is 4. The Hall–Kier alpha value is -1.43. The summed E-state index contributed by atoms with van der Waals surface area (Å²) in [6, 6.07) is 0. The van der Waals surface area contributed by atoms with Gasteiger partial charge in [0.15, 0.2) is 0 Å². The molecule has 0 atom stereocenters. The average molecular weight is 196 g/mol. The predicted molar refractivity (Wildman–Crippen MR) is 47.7 cm³/mol. The molecule has 1 aromatic heterocycles. The van der Waals surface area contributed by atoms with E-state index in [9.17, 15) is 4.79 Å². The zero-order chi connectivity index (χ0) is 10.1. The predicted octanol–water partition coefficient (Wildman–Crippen LogP) is -0.490. The Morgan fingerprint density at radius 2 is 2.21 bits per heavy atom. The number of ether oxygens (including phenoxy) is 1. The highest BCUT2D eigenvalue weighted by Crippen LogP contribution is 2.10. The minimum Gasteiger partial charge on any atom is -0.463 e. The summed E-state index contributed by atoms with van der Waals surface area (Å²) in [5.74, 6) is 0.697. The van der Waals surface area contributed by atoms with Crippen molar-refractivity contribution in [1.82, 2.24) is 19.7 Å². The van der Waals surface area contributed by atoms with Crippen molar-refractivity contribution in [2.75, 3.05) is 20.7 Å². The lowest BCUT2D eigenvalue weighted by Crippen LogP contribution is -2.32. The van der Waals surface area contributed by atoms with E-state index in [4.69, 9.17) is 0 Å². The van der Waals surface area contributed by atoms with Gasteiger partial charge in [-0.15, -0.1) is 10.2 Å². The first-order valence-corrected chi connectivity index (χ1v) is 4.41. The molecule has 0 aromatic carbocycles. The van der Waals surface area contributed by atoms with Crippen LogP contribution in [0.25, 0.3) is 0 Å². The zero-order valence-electron chi connectivity index (χ0n) is 8.23. The number of hydrogen-bond donors (Lipinski definition) is 0. The number of carbonyl (C=O) groups is 1. The van der Waals surface area contributed by atoms with E-state index in [1.54, 1.807) is 0 Å². The second-order valence-corrected chi connectivity index (χ2v) is 3.32. The summed E-state index contributed by atoms with van der Waals surface area (Å²) >= 11 is 0. The fourth-order valence-electron chi connectivity index (χ4n) is 1.52. The highest BCUT2D eigenvalue weighted by Gasteiger charge is 2.22. The van der Waals surface area contributed by atoms with E-state index >= 15 is 0 Å². The molecule has 1 aromatic rings. The number of carbonyl (C=O) groups excluding carboxylic acids is 1. The Labute approximate surface area is 81.5 Å². The van der Waals surface area contributed by atoms with Crippen molar-refractivity contribution in [2.24, 2.45) is 0 Å². The van der Waals surface area contributed by atoms with Gasteiger partial charge >= 0.3 is 5.97 Å². The SMILES string of the molecule is COC(=O)c1nnc2n1CCN(C)C2. The number of methoxy groups -OCH3 is 1. The van der Waals surface area contributed by atoms with E-state index in [2.05, 4.69) is 19.8 Å². The van der Waals surface area contributed by atoms with Crippen LogP contribution in [0.1, 0.15) is 16.4 Å². The van der Waals surface area contributed by atoms with Crippen LogP contribution < -0.4 is 0 Å². The largest absolute Gasteiger partial charge is 0.463 e. The molecule has 1 aliphatic heterocycles. The molecule has 0 saturated carbocycles. The fourth-order valence-corrected chi connectivity index (χ4v) is 1.52. The molecule has 6 nitrogen and oxygen atoms in total. The molecule has 6 heteroatoms. The first-order valence-electron chi connectivity index (χ1n) is 4.41. The molecule has 0 unspecified atom stereocenters. The van der Waals surface area contributed by atoms with Crippen LogP contribution in [0.5, 0.6) is 0 Å². The van der Waals surface area contributed by atoms with Gasteiger partial charge in [-0.1, -0.05) is 0 Å². The van der Waals surface area contributed by atoms with Crippen LogP contribution in [0.4, 0.5) is 0 Å². The van der Waals surface area contributed by atoms with Crippen LogP contribution >= 0.6 is 0 Å². The molecular formula is C8H12N4O2. The van der Waals surface area contributed by atoms with Crippen LogP contribution in [-0.2, 0) is 17.8 Å². The minimum absolute atomic E-state index is 0.301. The summed E-state index contributed by atoms with van der Waals surface area (Å²) in [7, 11) is 3.36. The molecule has 0 saturated heterocycles. The Balaban J connectivity index is 2.33. The van der Waals surface area contributed by atoms with E-state index in [1.807, 2.05) is 11.6 Å². The Morgan fingerprint density at radius 1 is 1.43 bits per heavy atom. The van der Waals surface area contributed by atoms with Gasteiger partial charge in [-0.2, -0.15) is 0 Å². The molecule has 0 amide bonds. The molecule has 2 heterocycles. The van der Waals surface area contributed by atoms with Crippen LogP contribution in [0.2, 0.25) is 0 Å². The molecular weight excluding hydrogens is 184 g/mol. The smallest absolute Gasteiger partial charge is 0.376 e. The van der Waals surface area contributed by atoms with Gasteiger partial charge in [0.25, 0.3) is 0 Å². The van der Waals surface area contributed by atoms with Gasteiger partial charge in [0, 0.05) is 13.1 Å². The first kappa shape index (κ1) is 9.14. The summed E-state index contributed by atoms with van der Waals surface area (Å²) < 4.78 is 6.42. The fraction of sp³-hybridized carbons (Fsp3) is 0.625. The van der Waals surface area contributed by atoms with Gasteiger partial charge in [-0.05, 0) is 7.05 Å². The molecule has 14 heavy (non-hydrogen) atoms. The standard InChI is InChI=1S/C8H12N4O2/c1-11-3-4-12-6(5-11)9-10-7(12)8(13)14-2/h3-5H2,1-2H3. The van der Waals surface area contributed by atoms with Crippen molar-refractivity contribution in [3.05, 3.63) is 11.6 Å². The van der Waals surface area contributed by atoms with Gasteiger partial charge in [-0.3, -0.25) is 4.90 Å². The molecule has 0 spiro atoms. The zero-order valence-corrected chi connectivity index (χ0v) is 8.23. The summed E-state index contributed by atoms with van der Waals surface area (Å²) in [4.78, 5) is 13.4. The summed E-state index contributed by atoms with van der Waals surface area (Å²) in [6.45, 7) is 2.36. The van der Waals surface area contributed by atoms with Gasteiger partial charge in [0.05, 0.1) is 13.7 Å². The maximum Gasteiger partial charge on any atom is 0.376 e. The molecule has 0 radical (unpaired) electrons. The van der Waals surface area contributed by atoms with Crippen molar-refractivity contribution in [3.8, 4) is 0 Å². The molecule has 0 N–H and O–H groups in total. The number of fused-ring (bicyclic) bond motifs is 1. The van der Waals surface area contributed by atoms with E-state index in [0.717, 1.165) is 25.5 Å². The molecule has 0 fully saturated rings.